The highest BCUT2D eigenvalue weighted by Gasteiger charge is 2.11. The number of aliphatic hydroxyl groups excluding tert-OH is 1. The molecule has 0 heterocycles. The molecule has 2 rings (SSSR count). The van der Waals surface area contributed by atoms with E-state index in [0.717, 1.165) is 15.6 Å². The third-order valence-electron chi connectivity index (χ3n) is 2.59. The van der Waals surface area contributed by atoms with Crippen LogP contribution in [0.15, 0.2) is 46.9 Å². The molecule has 17 heavy (non-hydrogen) atoms. The molecule has 1 unspecified atom stereocenters. The Balaban J connectivity index is 2.33. The van der Waals surface area contributed by atoms with Gasteiger partial charge >= 0.3 is 0 Å². The van der Waals surface area contributed by atoms with E-state index in [1.54, 1.807) is 30.3 Å². The molecule has 0 bridgehead atoms. The van der Waals surface area contributed by atoms with E-state index in [1.165, 1.54) is 0 Å². The fraction of sp³-hybridized carbons (Fsp3) is 0.0769. The minimum absolute atomic E-state index is 0.608. The number of aliphatic hydroxyl groups is 1. The number of nitrogen functional groups attached to an aromatic ring is 2. The van der Waals surface area contributed by atoms with Gasteiger partial charge in [-0.25, -0.2) is 0 Å². The average molecular weight is 293 g/mol. The van der Waals surface area contributed by atoms with Gasteiger partial charge in [0.05, 0.1) is 0 Å². The van der Waals surface area contributed by atoms with E-state index in [-0.39, 0.29) is 0 Å². The van der Waals surface area contributed by atoms with E-state index in [2.05, 4.69) is 15.9 Å². The number of anilines is 2. The number of hydrogen-bond acceptors (Lipinski definition) is 3. The van der Waals surface area contributed by atoms with Crippen molar-refractivity contribution in [2.45, 2.75) is 6.10 Å². The van der Waals surface area contributed by atoms with E-state index in [0.29, 0.717) is 11.4 Å². The Bertz CT molecular complexity index is 525. The lowest BCUT2D eigenvalue weighted by molar-refractivity contribution is 0.220. The van der Waals surface area contributed by atoms with E-state index in [9.17, 15) is 5.11 Å². The van der Waals surface area contributed by atoms with Gasteiger partial charge in [-0.05, 0) is 51.3 Å². The summed E-state index contributed by atoms with van der Waals surface area (Å²) in [6.07, 6.45) is -0.689. The first kappa shape index (κ1) is 12.0. The molecule has 0 saturated heterocycles. The minimum atomic E-state index is -0.689. The summed E-state index contributed by atoms with van der Waals surface area (Å²) in [5, 5.41) is 10.2. The second-order valence-corrected chi connectivity index (χ2v) is 4.70. The summed E-state index contributed by atoms with van der Waals surface area (Å²) in [5.74, 6) is 0. The van der Waals surface area contributed by atoms with Gasteiger partial charge in [0, 0.05) is 15.8 Å². The van der Waals surface area contributed by atoms with E-state index in [4.69, 9.17) is 11.5 Å². The Labute approximate surface area is 108 Å². The van der Waals surface area contributed by atoms with Crippen LogP contribution in [0.4, 0.5) is 11.4 Å². The topological polar surface area (TPSA) is 72.3 Å². The summed E-state index contributed by atoms with van der Waals surface area (Å²) in [6, 6.07) is 12.6. The standard InChI is InChI=1S/C13H13BrN2O/c14-11-6-3-9(7-12(11)16)13(17)8-1-4-10(15)5-2-8/h1-7,13,17H,15-16H2. The summed E-state index contributed by atoms with van der Waals surface area (Å²) >= 11 is 3.32. The lowest BCUT2D eigenvalue weighted by Gasteiger charge is -2.12. The van der Waals surface area contributed by atoms with Crippen molar-refractivity contribution in [2.75, 3.05) is 11.5 Å². The van der Waals surface area contributed by atoms with Crippen molar-refractivity contribution in [3.63, 3.8) is 0 Å². The van der Waals surface area contributed by atoms with Crippen LogP contribution in [0.2, 0.25) is 0 Å². The van der Waals surface area contributed by atoms with Gasteiger partial charge in [0.2, 0.25) is 0 Å². The van der Waals surface area contributed by atoms with Crippen LogP contribution in [0, 0.1) is 0 Å². The molecule has 3 nitrogen and oxygen atoms in total. The molecule has 0 aliphatic rings. The SMILES string of the molecule is Nc1ccc(C(O)c2ccc(Br)c(N)c2)cc1. The molecule has 4 heteroatoms. The van der Waals surface area contributed by atoms with Crippen LogP contribution in [0.5, 0.6) is 0 Å². The first-order valence-corrected chi connectivity index (χ1v) is 5.95. The zero-order chi connectivity index (χ0) is 12.4. The largest absolute Gasteiger partial charge is 0.399 e. The molecule has 0 aliphatic heterocycles. The first-order valence-electron chi connectivity index (χ1n) is 5.16. The molecular formula is C13H13BrN2O. The molecule has 0 aliphatic carbocycles. The molecule has 0 amide bonds. The molecular weight excluding hydrogens is 280 g/mol. The Kier molecular flexibility index (Phi) is 3.36. The number of rotatable bonds is 2. The smallest absolute Gasteiger partial charge is 0.104 e. The van der Waals surface area contributed by atoms with Crippen molar-refractivity contribution in [1.29, 1.82) is 0 Å². The minimum Gasteiger partial charge on any atom is -0.399 e. The third kappa shape index (κ3) is 2.60. The van der Waals surface area contributed by atoms with Gasteiger partial charge in [-0.2, -0.15) is 0 Å². The lowest BCUT2D eigenvalue weighted by atomic mass is 10.0. The van der Waals surface area contributed by atoms with E-state index >= 15 is 0 Å². The maximum absolute atomic E-state index is 10.2. The number of halogens is 1. The molecule has 0 aromatic heterocycles. The Morgan fingerprint density at radius 2 is 1.53 bits per heavy atom. The molecule has 0 fully saturated rings. The summed E-state index contributed by atoms with van der Waals surface area (Å²) in [7, 11) is 0. The average Bonchev–Trinajstić information content (AvgIpc) is 2.33. The normalized spacial score (nSPS) is 12.4. The maximum atomic E-state index is 10.2. The zero-order valence-corrected chi connectivity index (χ0v) is 10.7. The Morgan fingerprint density at radius 1 is 0.941 bits per heavy atom. The van der Waals surface area contributed by atoms with Gasteiger partial charge in [0.1, 0.15) is 6.10 Å². The highest BCUT2D eigenvalue weighted by molar-refractivity contribution is 9.10. The van der Waals surface area contributed by atoms with Gasteiger partial charge < -0.3 is 16.6 Å². The van der Waals surface area contributed by atoms with Gasteiger partial charge in [0.25, 0.3) is 0 Å². The Morgan fingerprint density at radius 3 is 2.12 bits per heavy atom. The van der Waals surface area contributed by atoms with Gasteiger partial charge in [0.15, 0.2) is 0 Å². The van der Waals surface area contributed by atoms with Crippen LogP contribution in [0.3, 0.4) is 0 Å². The van der Waals surface area contributed by atoms with Crippen LogP contribution in [0.1, 0.15) is 17.2 Å². The fourth-order valence-corrected chi connectivity index (χ4v) is 1.85. The van der Waals surface area contributed by atoms with Gasteiger partial charge in [-0.15, -0.1) is 0 Å². The lowest BCUT2D eigenvalue weighted by Crippen LogP contribution is -2.01. The highest BCUT2D eigenvalue weighted by atomic mass is 79.9. The summed E-state index contributed by atoms with van der Waals surface area (Å²) < 4.78 is 0.825. The van der Waals surface area contributed by atoms with E-state index < -0.39 is 6.10 Å². The van der Waals surface area contributed by atoms with Crippen LogP contribution < -0.4 is 11.5 Å². The molecule has 0 spiro atoms. The van der Waals surface area contributed by atoms with Crippen molar-refractivity contribution in [2.24, 2.45) is 0 Å². The molecule has 0 radical (unpaired) electrons. The van der Waals surface area contributed by atoms with Crippen molar-refractivity contribution in [3.8, 4) is 0 Å². The van der Waals surface area contributed by atoms with Crippen LogP contribution in [-0.4, -0.2) is 5.11 Å². The number of hydrogen-bond donors (Lipinski definition) is 3. The molecule has 0 saturated carbocycles. The number of benzene rings is 2. The van der Waals surface area contributed by atoms with Crippen LogP contribution in [0.25, 0.3) is 0 Å². The predicted octanol–water partition coefficient (Wildman–Crippen LogP) is 2.70. The molecule has 2 aromatic rings. The molecule has 2 aromatic carbocycles. The summed E-state index contributed by atoms with van der Waals surface area (Å²) in [4.78, 5) is 0. The molecule has 88 valence electrons. The monoisotopic (exact) mass is 292 g/mol. The predicted molar refractivity (Wildman–Crippen MR) is 73.5 cm³/mol. The molecule has 5 N–H and O–H groups in total. The van der Waals surface area contributed by atoms with Crippen LogP contribution in [-0.2, 0) is 0 Å². The van der Waals surface area contributed by atoms with Gasteiger partial charge in [-0.1, -0.05) is 18.2 Å². The van der Waals surface area contributed by atoms with E-state index in [1.807, 2.05) is 12.1 Å². The second kappa shape index (κ2) is 4.77. The second-order valence-electron chi connectivity index (χ2n) is 3.85. The first-order chi connectivity index (χ1) is 8.08. The van der Waals surface area contributed by atoms with Crippen molar-refractivity contribution in [1.82, 2.24) is 0 Å². The quantitative estimate of drug-likeness (QED) is 0.745. The van der Waals surface area contributed by atoms with Crippen LogP contribution >= 0.6 is 15.9 Å². The summed E-state index contributed by atoms with van der Waals surface area (Å²) in [5.41, 5.74) is 14.2. The fourth-order valence-electron chi connectivity index (χ4n) is 1.60. The highest BCUT2D eigenvalue weighted by Crippen LogP contribution is 2.27. The van der Waals surface area contributed by atoms with Crippen molar-refractivity contribution < 1.29 is 5.11 Å². The molecule has 1 atom stereocenters. The Hall–Kier alpha value is -1.52. The summed E-state index contributed by atoms with van der Waals surface area (Å²) in [6.45, 7) is 0. The third-order valence-corrected chi connectivity index (χ3v) is 3.31. The number of nitrogens with two attached hydrogens (primary N) is 2. The van der Waals surface area contributed by atoms with Crippen molar-refractivity contribution in [3.05, 3.63) is 58.1 Å². The maximum Gasteiger partial charge on any atom is 0.104 e. The van der Waals surface area contributed by atoms with Crippen molar-refractivity contribution >= 4 is 27.3 Å². The zero-order valence-electron chi connectivity index (χ0n) is 9.10. The van der Waals surface area contributed by atoms with Gasteiger partial charge in [-0.3, -0.25) is 0 Å².